The summed E-state index contributed by atoms with van der Waals surface area (Å²) < 4.78 is 6.43. The van der Waals surface area contributed by atoms with Gasteiger partial charge in [0.25, 0.3) is 0 Å². The topological polar surface area (TPSA) is 38.5 Å². The minimum Gasteiger partial charge on any atom is -0.487 e. The van der Waals surface area contributed by atoms with E-state index in [0.717, 1.165) is 42.1 Å². The number of halogens is 1. The molecule has 1 unspecified atom stereocenters. The predicted octanol–water partition coefficient (Wildman–Crippen LogP) is 3.76. The van der Waals surface area contributed by atoms with E-state index in [9.17, 15) is 0 Å². The van der Waals surface area contributed by atoms with Crippen LogP contribution in [0.25, 0.3) is 0 Å². The Morgan fingerprint density at radius 1 is 1.38 bits per heavy atom. The molecule has 0 aliphatic carbocycles. The molecular formula is C17H25ClN2O. The second kappa shape index (κ2) is 6.15. The molecular weight excluding hydrogens is 284 g/mol. The molecule has 2 aliphatic heterocycles. The van der Waals surface area contributed by atoms with Gasteiger partial charge < -0.3 is 15.4 Å². The van der Waals surface area contributed by atoms with E-state index in [0.29, 0.717) is 0 Å². The smallest absolute Gasteiger partial charge is 0.125 e. The van der Waals surface area contributed by atoms with Crippen molar-refractivity contribution in [2.45, 2.75) is 50.7 Å². The molecule has 0 saturated carbocycles. The second-order valence-corrected chi connectivity index (χ2v) is 6.91. The number of hydrogen-bond acceptors (Lipinski definition) is 3. The molecule has 116 valence electrons. The van der Waals surface area contributed by atoms with Crippen LogP contribution in [0.5, 0.6) is 5.75 Å². The molecule has 0 aromatic heterocycles. The number of ether oxygens (including phenoxy) is 1. The first-order chi connectivity index (χ1) is 10.1. The molecule has 1 aromatic carbocycles. The van der Waals surface area contributed by atoms with Crippen LogP contribution in [0.3, 0.4) is 0 Å². The summed E-state index contributed by atoms with van der Waals surface area (Å²) in [5, 5.41) is 0.735. The molecule has 1 spiro atoms. The quantitative estimate of drug-likeness (QED) is 0.904. The summed E-state index contributed by atoms with van der Waals surface area (Å²) in [6.07, 6.45) is 5.48. The van der Waals surface area contributed by atoms with Crippen LogP contribution in [0.1, 0.15) is 50.6 Å². The zero-order chi connectivity index (χ0) is 14.9. The third-order valence-electron chi connectivity index (χ3n) is 4.82. The highest BCUT2D eigenvalue weighted by atomic mass is 35.5. The average molecular weight is 309 g/mol. The average Bonchev–Trinajstić information content (AvgIpc) is 2.64. The summed E-state index contributed by atoms with van der Waals surface area (Å²) in [6.45, 7) is 5.73. The van der Waals surface area contributed by atoms with Crippen molar-refractivity contribution in [2.75, 3.05) is 19.6 Å². The van der Waals surface area contributed by atoms with Crippen LogP contribution in [0.2, 0.25) is 5.02 Å². The van der Waals surface area contributed by atoms with Gasteiger partial charge in [-0.15, -0.1) is 0 Å². The number of rotatable bonds is 2. The molecule has 4 heteroatoms. The van der Waals surface area contributed by atoms with Crippen LogP contribution in [0, 0.1) is 0 Å². The van der Waals surface area contributed by atoms with Crippen molar-refractivity contribution in [1.29, 1.82) is 0 Å². The standard InChI is InChI=1S/C17H25ClN2O/c1-2-8-20-9-3-6-17(7-10-20)12-15(19)14-11-13(18)4-5-16(14)21-17/h4-5,11,15H,2-3,6-10,12,19H2,1H3/t15-,17?/m1/s1. The first-order valence-corrected chi connectivity index (χ1v) is 8.46. The van der Waals surface area contributed by atoms with Crippen molar-refractivity contribution in [3.8, 4) is 5.75 Å². The van der Waals surface area contributed by atoms with Crippen molar-refractivity contribution in [3.63, 3.8) is 0 Å². The number of nitrogens with zero attached hydrogens (tertiary/aromatic N) is 1. The maximum absolute atomic E-state index is 6.43. The lowest BCUT2D eigenvalue weighted by Gasteiger charge is -2.41. The van der Waals surface area contributed by atoms with Crippen molar-refractivity contribution in [1.82, 2.24) is 4.90 Å². The van der Waals surface area contributed by atoms with Crippen LogP contribution in [-0.2, 0) is 0 Å². The van der Waals surface area contributed by atoms with Crippen LogP contribution >= 0.6 is 11.6 Å². The number of fused-ring (bicyclic) bond motifs is 1. The largest absolute Gasteiger partial charge is 0.487 e. The maximum Gasteiger partial charge on any atom is 0.125 e. The molecule has 0 radical (unpaired) electrons. The Bertz CT molecular complexity index is 508. The number of benzene rings is 1. The van der Waals surface area contributed by atoms with Crippen molar-refractivity contribution in [2.24, 2.45) is 5.73 Å². The molecule has 0 amide bonds. The Morgan fingerprint density at radius 2 is 2.24 bits per heavy atom. The lowest BCUT2D eigenvalue weighted by Crippen LogP contribution is -2.43. The highest BCUT2D eigenvalue weighted by Gasteiger charge is 2.40. The van der Waals surface area contributed by atoms with E-state index in [1.54, 1.807) is 0 Å². The monoisotopic (exact) mass is 308 g/mol. The van der Waals surface area contributed by atoms with Crippen molar-refractivity contribution < 1.29 is 4.74 Å². The molecule has 2 aliphatic rings. The van der Waals surface area contributed by atoms with Crippen LogP contribution in [-0.4, -0.2) is 30.1 Å². The van der Waals surface area contributed by atoms with Crippen molar-refractivity contribution in [3.05, 3.63) is 28.8 Å². The minimum absolute atomic E-state index is 0.0326. The predicted molar refractivity (Wildman–Crippen MR) is 86.9 cm³/mol. The summed E-state index contributed by atoms with van der Waals surface area (Å²) in [5.41, 5.74) is 7.39. The van der Waals surface area contributed by atoms with Gasteiger partial charge in [-0.2, -0.15) is 0 Å². The molecule has 2 heterocycles. The zero-order valence-electron chi connectivity index (χ0n) is 12.8. The van der Waals surface area contributed by atoms with Gasteiger partial charge in [-0.25, -0.2) is 0 Å². The molecule has 2 N–H and O–H groups in total. The second-order valence-electron chi connectivity index (χ2n) is 6.47. The maximum atomic E-state index is 6.43. The highest BCUT2D eigenvalue weighted by molar-refractivity contribution is 6.30. The number of likely N-dealkylation sites (tertiary alicyclic amines) is 1. The molecule has 1 fully saturated rings. The third kappa shape index (κ3) is 3.20. The molecule has 1 saturated heterocycles. The Kier molecular flexibility index (Phi) is 4.43. The highest BCUT2D eigenvalue weighted by Crippen LogP contribution is 2.44. The third-order valence-corrected chi connectivity index (χ3v) is 5.06. The summed E-state index contributed by atoms with van der Waals surface area (Å²) in [5.74, 6) is 0.932. The lowest BCUT2D eigenvalue weighted by molar-refractivity contribution is 0.0218. The Balaban J connectivity index is 1.79. The van der Waals surface area contributed by atoms with Crippen molar-refractivity contribution >= 4 is 11.6 Å². The van der Waals surface area contributed by atoms with Gasteiger partial charge in [0.05, 0.1) is 0 Å². The number of hydrogen-bond donors (Lipinski definition) is 1. The van der Waals surface area contributed by atoms with E-state index < -0.39 is 0 Å². The Labute approximate surface area is 132 Å². The first kappa shape index (κ1) is 15.1. The van der Waals surface area contributed by atoms with Gasteiger partial charge in [0.15, 0.2) is 0 Å². The summed E-state index contributed by atoms with van der Waals surface area (Å²) in [6, 6.07) is 5.86. The summed E-state index contributed by atoms with van der Waals surface area (Å²) >= 11 is 6.08. The van der Waals surface area contributed by atoms with E-state index >= 15 is 0 Å². The van der Waals surface area contributed by atoms with Gasteiger partial charge in [0, 0.05) is 29.6 Å². The fourth-order valence-electron chi connectivity index (χ4n) is 3.76. The lowest BCUT2D eigenvalue weighted by atomic mass is 9.82. The molecule has 1 aromatic rings. The van der Waals surface area contributed by atoms with Gasteiger partial charge in [0.1, 0.15) is 11.4 Å². The van der Waals surface area contributed by atoms with Gasteiger partial charge in [-0.05, 0) is 57.0 Å². The summed E-state index contributed by atoms with van der Waals surface area (Å²) in [7, 11) is 0. The minimum atomic E-state index is -0.0806. The number of nitrogens with two attached hydrogens (primary N) is 1. The van der Waals surface area contributed by atoms with Crippen LogP contribution < -0.4 is 10.5 Å². The van der Waals surface area contributed by atoms with E-state index in [-0.39, 0.29) is 11.6 Å². The Hall–Kier alpha value is -0.770. The van der Waals surface area contributed by atoms with E-state index in [1.807, 2.05) is 18.2 Å². The van der Waals surface area contributed by atoms with Gasteiger partial charge in [0.2, 0.25) is 0 Å². The molecule has 21 heavy (non-hydrogen) atoms. The fraction of sp³-hybridized carbons (Fsp3) is 0.647. The molecule has 3 rings (SSSR count). The van der Waals surface area contributed by atoms with Crippen LogP contribution in [0.4, 0.5) is 0 Å². The first-order valence-electron chi connectivity index (χ1n) is 8.08. The summed E-state index contributed by atoms with van der Waals surface area (Å²) in [4.78, 5) is 2.56. The van der Waals surface area contributed by atoms with E-state index in [4.69, 9.17) is 22.1 Å². The normalized spacial score (nSPS) is 29.8. The fourth-order valence-corrected chi connectivity index (χ4v) is 3.94. The molecule has 2 atom stereocenters. The zero-order valence-corrected chi connectivity index (χ0v) is 13.5. The van der Waals surface area contributed by atoms with Crippen LogP contribution in [0.15, 0.2) is 18.2 Å². The molecule has 3 nitrogen and oxygen atoms in total. The Morgan fingerprint density at radius 3 is 3.05 bits per heavy atom. The van der Waals surface area contributed by atoms with Gasteiger partial charge in [-0.1, -0.05) is 18.5 Å². The van der Waals surface area contributed by atoms with Gasteiger partial charge in [-0.3, -0.25) is 0 Å². The SMILES string of the molecule is CCCN1CCCC2(CC1)C[C@@H](N)c1cc(Cl)ccc1O2. The molecule has 0 bridgehead atoms. The van der Waals surface area contributed by atoms with Gasteiger partial charge >= 0.3 is 0 Å². The van der Waals surface area contributed by atoms with E-state index in [1.165, 1.54) is 25.9 Å². The van der Waals surface area contributed by atoms with E-state index in [2.05, 4.69) is 11.8 Å².